The Hall–Kier alpha value is -3.09. The molecule has 5 N–H and O–H groups in total. The van der Waals surface area contributed by atoms with E-state index in [9.17, 15) is 13.2 Å². The van der Waals surface area contributed by atoms with Crippen LogP contribution in [0.5, 0.6) is 0 Å². The molecule has 0 radical (unpaired) electrons. The van der Waals surface area contributed by atoms with E-state index in [4.69, 9.17) is 5.73 Å². The maximum absolute atomic E-state index is 12.4. The number of hydrogen-bond acceptors (Lipinski definition) is 7. The first kappa shape index (κ1) is 20.6. The summed E-state index contributed by atoms with van der Waals surface area (Å²) >= 11 is 0. The zero-order valence-corrected chi connectivity index (χ0v) is 16.8. The number of rotatable bonds is 7. The standard InChI is InChI=1S/C17H22N8O3S/c1-11(2)24-29(27,28)14-7-13(8-19-9-14)12-3-4-15-21-16(23-25(15)10-12)22-17(26)20-6-5-18/h3-4,7-11,24H,5-6,18H2,1-2H3,(H2,20,22,23,26). The lowest BCUT2D eigenvalue weighted by Gasteiger charge is -2.10. The minimum absolute atomic E-state index is 0.0707. The molecular weight excluding hydrogens is 396 g/mol. The van der Waals surface area contributed by atoms with Crippen LogP contribution in [0.4, 0.5) is 10.7 Å². The van der Waals surface area contributed by atoms with Crippen LogP contribution < -0.4 is 21.1 Å². The highest BCUT2D eigenvalue weighted by atomic mass is 32.2. The van der Waals surface area contributed by atoms with Crippen LogP contribution >= 0.6 is 0 Å². The SMILES string of the molecule is CC(C)NS(=O)(=O)c1cncc(-c2ccc3nc(NC(=O)NCCN)nn3c2)c1. The number of fused-ring (bicyclic) bond motifs is 1. The molecule has 0 spiro atoms. The first-order valence-electron chi connectivity index (χ1n) is 8.87. The summed E-state index contributed by atoms with van der Waals surface area (Å²) in [5, 5.41) is 9.29. The van der Waals surface area contributed by atoms with E-state index in [2.05, 4.69) is 30.4 Å². The predicted octanol–water partition coefficient (Wildman–Crippen LogP) is 0.558. The van der Waals surface area contributed by atoms with Gasteiger partial charge in [0.25, 0.3) is 5.95 Å². The Bertz CT molecular complexity index is 1130. The quantitative estimate of drug-likeness (QED) is 0.436. The zero-order chi connectivity index (χ0) is 21.0. The summed E-state index contributed by atoms with van der Waals surface area (Å²) in [5.41, 5.74) is 7.15. The summed E-state index contributed by atoms with van der Waals surface area (Å²) in [6, 6.07) is 4.33. The third-order valence-corrected chi connectivity index (χ3v) is 5.36. The topological polar surface area (TPSA) is 156 Å². The van der Waals surface area contributed by atoms with Gasteiger partial charge >= 0.3 is 6.03 Å². The maximum Gasteiger partial charge on any atom is 0.321 e. The highest BCUT2D eigenvalue weighted by Crippen LogP contribution is 2.22. The molecule has 12 heteroatoms. The van der Waals surface area contributed by atoms with Crippen LogP contribution in [0.15, 0.2) is 41.7 Å². The van der Waals surface area contributed by atoms with Gasteiger partial charge in [-0.2, -0.15) is 4.98 Å². The third-order valence-electron chi connectivity index (χ3n) is 3.73. The molecule has 0 saturated carbocycles. The Labute approximate surface area is 167 Å². The van der Waals surface area contributed by atoms with Crippen molar-refractivity contribution >= 4 is 27.6 Å². The monoisotopic (exact) mass is 418 g/mol. The number of hydrogen-bond donors (Lipinski definition) is 4. The minimum Gasteiger partial charge on any atom is -0.337 e. The molecule has 154 valence electrons. The van der Waals surface area contributed by atoms with Crippen LogP contribution in [-0.2, 0) is 10.0 Å². The Morgan fingerprint density at radius 1 is 1.24 bits per heavy atom. The van der Waals surface area contributed by atoms with E-state index in [-0.39, 0.29) is 16.9 Å². The molecule has 0 bridgehead atoms. The van der Waals surface area contributed by atoms with E-state index in [1.54, 1.807) is 38.4 Å². The molecule has 3 aromatic heterocycles. The lowest BCUT2D eigenvalue weighted by atomic mass is 10.1. The van der Waals surface area contributed by atoms with Gasteiger partial charge in [0.2, 0.25) is 10.0 Å². The van der Waals surface area contributed by atoms with Crippen molar-refractivity contribution < 1.29 is 13.2 Å². The number of urea groups is 1. The summed E-state index contributed by atoms with van der Waals surface area (Å²) in [6.07, 6.45) is 4.53. The van der Waals surface area contributed by atoms with Gasteiger partial charge in [-0.1, -0.05) is 0 Å². The number of nitrogens with zero attached hydrogens (tertiary/aromatic N) is 4. The molecule has 3 aromatic rings. The fourth-order valence-electron chi connectivity index (χ4n) is 2.54. The second-order valence-electron chi connectivity index (χ2n) is 6.51. The minimum atomic E-state index is -3.66. The van der Waals surface area contributed by atoms with Crippen LogP contribution in [-0.4, -0.2) is 53.2 Å². The lowest BCUT2D eigenvalue weighted by molar-refractivity contribution is 0.252. The average molecular weight is 418 g/mol. The van der Waals surface area contributed by atoms with Crippen LogP contribution in [0.1, 0.15) is 13.8 Å². The van der Waals surface area contributed by atoms with Crippen molar-refractivity contribution in [2.45, 2.75) is 24.8 Å². The Morgan fingerprint density at radius 3 is 2.76 bits per heavy atom. The third kappa shape index (κ3) is 5.04. The molecule has 11 nitrogen and oxygen atoms in total. The molecule has 3 heterocycles. The van der Waals surface area contributed by atoms with Gasteiger partial charge in [0.15, 0.2) is 5.65 Å². The van der Waals surface area contributed by atoms with Gasteiger partial charge in [-0.25, -0.2) is 22.4 Å². The molecule has 0 aliphatic carbocycles. The Morgan fingerprint density at radius 2 is 2.03 bits per heavy atom. The predicted molar refractivity (Wildman–Crippen MR) is 108 cm³/mol. The Balaban J connectivity index is 1.87. The van der Waals surface area contributed by atoms with E-state index in [0.29, 0.717) is 29.9 Å². The van der Waals surface area contributed by atoms with Crippen molar-refractivity contribution in [3.8, 4) is 11.1 Å². The number of sulfonamides is 1. The van der Waals surface area contributed by atoms with E-state index >= 15 is 0 Å². The van der Waals surface area contributed by atoms with Crippen LogP contribution in [0.25, 0.3) is 16.8 Å². The summed E-state index contributed by atoms with van der Waals surface area (Å²) < 4.78 is 28.8. The molecular formula is C17H22N8O3S. The van der Waals surface area contributed by atoms with Gasteiger partial charge in [-0.3, -0.25) is 10.3 Å². The van der Waals surface area contributed by atoms with E-state index in [1.165, 1.54) is 16.8 Å². The fraction of sp³-hybridized carbons (Fsp3) is 0.294. The van der Waals surface area contributed by atoms with Gasteiger partial charge in [-0.15, -0.1) is 5.10 Å². The second kappa shape index (κ2) is 8.51. The van der Waals surface area contributed by atoms with Crippen molar-refractivity contribution in [2.24, 2.45) is 5.73 Å². The number of amides is 2. The van der Waals surface area contributed by atoms with Gasteiger partial charge in [0.1, 0.15) is 4.90 Å². The van der Waals surface area contributed by atoms with Gasteiger partial charge in [-0.05, 0) is 32.0 Å². The number of carbonyl (C=O) groups is 1. The van der Waals surface area contributed by atoms with Crippen molar-refractivity contribution in [3.05, 3.63) is 36.8 Å². The largest absolute Gasteiger partial charge is 0.337 e. The molecule has 0 aliphatic heterocycles. The van der Waals surface area contributed by atoms with E-state index in [0.717, 1.165) is 0 Å². The Kier molecular flexibility index (Phi) is 6.06. The molecule has 0 saturated heterocycles. The summed E-state index contributed by atoms with van der Waals surface area (Å²) in [5.74, 6) is 0.132. The van der Waals surface area contributed by atoms with Gasteiger partial charge in [0, 0.05) is 48.8 Å². The van der Waals surface area contributed by atoms with E-state index in [1.807, 2.05) is 0 Å². The molecule has 0 aliphatic rings. The summed E-state index contributed by atoms with van der Waals surface area (Å²) in [7, 11) is -3.66. The zero-order valence-electron chi connectivity index (χ0n) is 16.0. The maximum atomic E-state index is 12.4. The van der Waals surface area contributed by atoms with Gasteiger partial charge < -0.3 is 11.1 Å². The van der Waals surface area contributed by atoms with E-state index < -0.39 is 16.1 Å². The van der Waals surface area contributed by atoms with Crippen molar-refractivity contribution in [2.75, 3.05) is 18.4 Å². The van der Waals surface area contributed by atoms with Crippen molar-refractivity contribution in [1.29, 1.82) is 0 Å². The molecule has 0 atom stereocenters. The molecule has 2 amide bonds. The fourth-order valence-corrected chi connectivity index (χ4v) is 3.78. The van der Waals surface area contributed by atoms with Crippen molar-refractivity contribution in [1.82, 2.24) is 29.6 Å². The highest BCUT2D eigenvalue weighted by Gasteiger charge is 2.17. The smallest absolute Gasteiger partial charge is 0.321 e. The molecule has 29 heavy (non-hydrogen) atoms. The second-order valence-corrected chi connectivity index (χ2v) is 8.22. The highest BCUT2D eigenvalue weighted by molar-refractivity contribution is 7.89. The number of pyridine rings is 2. The summed E-state index contributed by atoms with van der Waals surface area (Å²) in [4.78, 5) is 20.0. The number of anilines is 1. The van der Waals surface area contributed by atoms with Crippen LogP contribution in [0.3, 0.4) is 0 Å². The number of nitrogens with one attached hydrogen (secondary N) is 3. The number of carbonyl (C=O) groups excluding carboxylic acids is 1. The normalized spacial score (nSPS) is 11.7. The number of nitrogens with two attached hydrogens (primary N) is 1. The summed E-state index contributed by atoms with van der Waals surface area (Å²) in [6.45, 7) is 4.15. The molecule has 0 aromatic carbocycles. The van der Waals surface area contributed by atoms with Gasteiger partial charge in [0.05, 0.1) is 0 Å². The van der Waals surface area contributed by atoms with Crippen molar-refractivity contribution in [3.63, 3.8) is 0 Å². The average Bonchev–Trinajstić information content (AvgIpc) is 3.06. The molecule has 3 rings (SSSR count). The van der Waals surface area contributed by atoms with Crippen LogP contribution in [0, 0.1) is 0 Å². The number of aromatic nitrogens is 4. The lowest BCUT2D eigenvalue weighted by Crippen LogP contribution is -2.33. The van der Waals surface area contributed by atoms with Crippen LogP contribution in [0.2, 0.25) is 0 Å². The molecule has 0 unspecified atom stereocenters. The molecule has 0 fully saturated rings. The first-order chi connectivity index (χ1) is 13.8. The first-order valence-corrected chi connectivity index (χ1v) is 10.4.